The fourth-order valence-electron chi connectivity index (χ4n) is 1.95. The first kappa shape index (κ1) is 13.4. The monoisotopic (exact) mass is 259 g/mol. The van der Waals surface area contributed by atoms with Crippen molar-refractivity contribution < 1.29 is 14.6 Å². The lowest BCUT2D eigenvalue weighted by Crippen LogP contribution is -2.34. The largest absolute Gasteiger partial charge is 0.497 e. The zero-order valence-corrected chi connectivity index (χ0v) is 11.3. The van der Waals surface area contributed by atoms with E-state index in [4.69, 9.17) is 4.74 Å². The van der Waals surface area contributed by atoms with Crippen molar-refractivity contribution in [2.24, 2.45) is 0 Å². The fraction of sp³-hybridized carbons (Fsp3) is 0.267. The molecule has 0 heterocycles. The minimum Gasteiger partial charge on any atom is -0.497 e. The lowest BCUT2D eigenvalue weighted by atomic mass is 10.1. The number of carbonyl (C=O) groups is 1. The van der Waals surface area contributed by atoms with E-state index < -0.39 is 6.10 Å². The number of carbonyl (C=O) groups excluding carboxylic acids is 1. The number of hydrogen-bond acceptors (Lipinski definition) is 3. The lowest BCUT2D eigenvalue weighted by molar-refractivity contribution is -0.125. The Labute approximate surface area is 112 Å². The van der Waals surface area contributed by atoms with Crippen molar-refractivity contribution in [3.63, 3.8) is 0 Å². The average Bonchev–Trinajstić information content (AvgIpc) is 2.44. The standard InChI is InChI=1S/C15H17NO3/c1-10(17)15(18)16(2)13-6-4-12-9-14(19-3)7-5-11(12)8-13/h4-10,17H,1-3H3. The van der Waals surface area contributed by atoms with Gasteiger partial charge in [-0.1, -0.05) is 12.1 Å². The van der Waals surface area contributed by atoms with Crippen LogP contribution in [-0.4, -0.2) is 31.3 Å². The summed E-state index contributed by atoms with van der Waals surface area (Å²) in [7, 11) is 3.28. The minimum atomic E-state index is -1.00. The van der Waals surface area contributed by atoms with Crippen LogP contribution in [0.5, 0.6) is 5.75 Å². The molecule has 0 aliphatic rings. The van der Waals surface area contributed by atoms with Crippen LogP contribution in [0, 0.1) is 0 Å². The number of anilines is 1. The third-order valence-electron chi connectivity index (χ3n) is 3.11. The van der Waals surface area contributed by atoms with Gasteiger partial charge in [0, 0.05) is 12.7 Å². The average molecular weight is 259 g/mol. The Morgan fingerprint density at radius 3 is 2.47 bits per heavy atom. The van der Waals surface area contributed by atoms with Gasteiger partial charge in [-0.2, -0.15) is 0 Å². The molecule has 1 amide bonds. The van der Waals surface area contributed by atoms with Gasteiger partial charge in [0.25, 0.3) is 5.91 Å². The number of methoxy groups -OCH3 is 1. The first-order chi connectivity index (χ1) is 9.02. The highest BCUT2D eigenvalue weighted by Gasteiger charge is 2.16. The van der Waals surface area contributed by atoms with E-state index in [1.807, 2.05) is 36.4 Å². The van der Waals surface area contributed by atoms with Crippen LogP contribution in [0.15, 0.2) is 36.4 Å². The Morgan fingerprint density at radius 1 is 1.21 bits per heavy atom. The summed E-state index contributed by atoms with van der Waals surface area (Å²) >= 11 is 0. The van der Waals surface area contributed by atoms with Gasteiger partial charge in [-0.25, -0.2) is 0 Å². The van der Waals surface area contributed by atoms with Crippen LogP contribution in [0.4, 0.5) is 5.69 Å². The second kappa shape index (κ2) is 5.28. The number of amides is 1. The van der Waals surface area contributed by atoms with Crippen LogP contribution in [-0.2, 0) is 4.79 Å². The van der Waals surface area contributed by atoms with Gasteiger partial charge in [0.1, 0.15) is 11.9 Å². The quantitative estimate of drug-likeness (QED) is 0.919. The SMILES string of the molecule is COc1ccc2cc(N(C)C(=O)C(C)O)ccc2c1. The molecule has 2 aromatic carbocycles. The Kier molecular flexibility index (Phi) is 3.71. The number of hydrogen-bond donors (Lipinski definition) is 1. The van der Waals surface area contributed by atoms with Gasteiger partial charge in [-0.15, -0.1) is 0 Å². The van der Waals surface area contributed by atoms with Gasteiger partial charge in [0.15, 0.2) is 0 Å². The number of aliphatic hydroxyl groups excluding tert-OH is 1. The highest BCUT2D eigenvalue weighted by molar-refractivity contribution is 5.98. The number of ether oxygens (including phenoxy) is 1. The first-order valence-electron chi connectivity index (χ1n) is 6.06. The van der Waals surface area contributed by atoms with Crippen molar-refractivity contribution in [3.8, 4) is 5.75 Å². The minimum absolute atomic E-state index is 0.326. The van der Waals surface area contributed by atoms with Gasteiger partial charge in [0.2, 0.25) is 0 Å². The van der Waals surface area contributed by atoms with Crippen LogP contribution in [0.25, 0.3) is 10.8 Å². The highest BCUT2D eigenvalue weighted by atomic mass is 16.5. The van der Waals surface area contributed by atoms with E-state index in [1.54, 1.807) is 14.2 Å². The van der Waals surface area contributed by atoms with E-state index in [1.165, 1.54) is 11.8 Å². The summed E-state index contributed by atoms with van der Waals surface area (Å²) in [6.07, 6.45) is -1.00. The predicted octanol–water partition coefficient (Wildman–Crippen LogP) is 2.19. The number of fused-ring (bicyclic) bond motifs is 1. The van der Waals surface area contributed by atoms with Gasteiger partial charge in [0.05, 0.1) is 7.11 Å². The van der Waals surface area contributed by atoms with Gasteiger partial charge < -0.3 is 14.7 Å². The second-order valence-corrected chi connectivity index (χ2v) is 4.47. The van der Waals surface area contributed by atoms with Crippen LogP contribution in [0.1, 0.15) is 6.92 Å². The third kappa shape index (κ3) is 2.69. The van der Waals surface area contributed by atoms with Crippen molar-refractivity contribution in [1.82, 2.24) is 0 Å². The first-order valence-corrected chi connectivity index (χ1v) is 6.06. The van der Waals surface area contributed by atoms with E-state index in [-0.39, 0.29) is 5.91 Å². The molecular formula is C15H17NO3. The number of rotatable bonds is 3. The number of benzene rings is 2. The summed E-state index contributed by atoms with van der Waals surface area (Å²) in [5, 5.41) is 11.4. The van der Waals surface area contributed by atoms with Crippen LogP contribution >= 0.6 is 0 Å². The molecule has 1 N–H and O–H groups in total. The molecule has 2 aromatic rings. The molecule has 0 bridgehead atoms. The van der Waals surface area contributed by atoms with E-state index in [2.05, 4.69) is 0 Å². The summed E-state index contributed by atoms with van der Waals surface area (Å²) in [4.78, 5) is 13.2. The van der Waals surface area contributed by atoms with Gasteiger partial charge in [-0.05, 0) is 42.0 Å². The zero-order chi connectivity index (χ0) is 14.0. The summed E-state index contributed by atoms with van der Waals surface area (Å²) in [6.45, 7) is 1.46. The predicted molar refractivity (Wildman–Crippen MR) is 75.6 cm³/mol. The normalized spacial score (nSPS) is 12.2. The van der Waals surface area contributed by atoms with E-state index >= 15 is 0 Å². The molecule has 19 heavy (non-hydrogen) atoms. The number of aliphatic hydroxyl groups is 1. The van der Waals surface area contributed by atoms with E-state index in [9.17, 15) is 9.90 Å². The molecule has 4 nitrogen and oxygen atoms in total. The van der Waals surface area contributed by atoms with E-state index in [0.717, 1.165) is 22.2 Å². The Balaban J connectivity index is 2.39. The Bertz CT molecular complexity index is 607. The Hall–Kier alpha value is -2.07. The molecule has 0 aromatic heterocycles. The molecule has 2 rings (SSSR count). The summed E-state index contributed by atoms with van der Waals surface area (Å²) in [5.74, 6) is 0.474. The van der Waals surface area contributed by atoms with Gasteiger partial charge in [-0.3, -0.25) is 4.79 Å². The van der Waals surface area contributed by atoms with Crippen molar-refractivity contribution in [3.05, 3.63) is 36.4 Å². The fourth-order valence-corrected chi connectivity index (χ4v) is 1.95. The molecule has 100 valence electrons. The summed E-state index contributed by atoms with van der Waals surface area (Å²) in [6, 6.07) is 11.5. The molecule has 0 radical (unpaired) electrons. The maximum atomic E-state index is 11.7. The van der Waals surface area contributed by atoms with Crippen molar-refractivity contribution in [2.45, 2.75) is 13.0 Å². The van der Waals surface area contributed by atoms with Crippen molar-refractivity contribution >= 4 is 22.4 Å². The molecule has 0 spiro atoms. The highest BCUT2D eigenvalue weighted by Crippen LogP contribution is 2.25. The molecule has 4 heteroatoms. The molecule has 1 atom stereocenters. The van der Waals surface area contributed by atoms with Gasteiger partial charge >= 0.3 is 0 Å². The van der Waals surface area contributed by atoms with E-state index in [0.29, 0.717) is 0 Å². The maximum Gasteiger partial charge on any atom is 0.255 e. The van der Waals surface area contributed by atoms with Crippen molar-refractivity contribution in [2.75, 3.05) is 19.1 Å². The Morgan fingerprint density at radius 2 is 1.84 bits per heavy atom. The topological polar surface area (TPSA) is 49.8 Å². The third-order valence-corrected chi connectivity index (χ3v) is 3.11. The smallest absolute Gasteiger partial charge is 0.255 e. The molecule has 0 saturated heterocycles. The molecule has 0 fully saturated rings. The number of nitrogens with zero attached hydrogens (tertiary/aromatic N) is 1. The molecule has 0 aliphatic carbocycles. The van der Waals surface area contributed by atoms with Crippen molar-refractivity contribution in [1.29, 1.82) is 0 Å². The lowest BCUT2D eigenvalue weighted by Gasteiger charge is -2.19. The van der Waals surface area contributed by atoms with Crippen LogP contribution in [0.2, 0.25) is 0 Å². The molecule has 1 unspecified atom stereocenters. The second-order valence-electron chi connectivity index (χ2n) is 4.47. The maximum absolute atomic E-state index is 11.7. The molecule has 0 aliphatic heterocycles. The number of likely N-dealkylation sites (N-methyl/N-ethyl adjacent to an activating group) is 1. The molecule has 0 saturated carbocycles. The molecular weight excluding hydrogens is 242 g/mol. The summed E-state index contributed by atoms with van der Waals surface area (Å²) in [5.41, 5.74) is 0.753. The van der Waals surface area contributed by atoms with Crippen LogP contribution in [0.3, 0.4) is 0 Å². The van der Waals surface area contributed by atoms with Crippen LogP contribution < -0.4 is 9.64 Å². The zero-order valence-electron chi connectivity index (χ0n) is 11.3. The summed E-state index contributed by atoms with van der Waals surface area (Å²) < 4.78 is 5.17.